The molecule has 0 aliphatic carbocycles. The summed E-state index contributed by atoms with van der Waals surface area (Å²) in [5.41, 5.74) is -0.864. The zero-order chi connectivity index (χ0) is 28.9. The van der Waals surface area contributed by atoms with Crippen LogP contribution < -0.4 is 4.90 Å². The first-order valence-corrected chi connectivity index (χ1v) is 14.5. The van der Waals surface area contributed by atoms with E-state index in [2.05, 4.69) is 0 Å². The Labute approximate surface area is 244 Å². The van der Waals surface area contributed by atoms with Gasteiger partial charge in [-0.2, -0.15) is 0 Å². The molecule has 0 saturated carbocycles. The molecule has 0 radical (unpaired) electrons. The third kappa shape index (κ3) is 4.31. The van der Waals surface area contributed by atoms with Crippen molar-refractivity contribution in [1.29, 1.82) is 0 Å². The van der Waals surface area contributed by atoms with Gasteiger partial charge in [0.25, 0.3) is 5.91 Å². The van der Waals surface area contributed by atoms with Crippen molar-refractivity contribution in [2.24, 2.45) is 11.8 Å². The lowest BCUT2D eigenvalue weighted by Gasteiger charge is -2.40. The fraction of sp³-hybridized carbons (Fsp3) is 0.406. The fourth-order valence-electron chi connectivity index (χ4n) is 7.12. The normalized spacial score (nSPS) is 31.6. The maximum absolute atomic E-state index is 14.5. The van der Waals surface area contributed by atoms with Gasteiger partial charge in [-0.25, -0.2) is 0 Å². The van der Waals surface area contributed by atoms with Gasteiger partial charge in [-0.05, 0) is 43.2 Å². The second-order valence-corrected chi connectivity index (χ2v) is 11.9. The van der Waals surface area contributed by atoms with Crippen molar-refractivity contribution in [1.82, 2.24) is 9.80 Å². The Bertz CT molecular complexity index is 1410. The molecule has 4 aliphatic heterocycles. The summed E-state index contributed by atoms with van der Waals surface area (Å²) in [5.74, 6) is -2.63. The molecule has 2 aromatic carbocycles. The minimum absolute atomic E-state index is 0.186. The lowest BCUT2D eigenvalue weighted by Crippen LogP contribution is -2.58. The van der Waals surface area contributed by atoms with Crippen LogP contribution in [0.3, 0.4) is 0 Å². The summed E-state index contributed by atoms with van der Waals surface area (Å²) in [4.78, 5) is 48.2. The van der Waals surface area contributed by atoms with E-state index in [0.717, 1.165) is 5.56 Å². The number of aliphatic hydroxyl groups excluding tert-OH is 1. The van der Waals surface area contributed by atoms with Crippen LogP contribution in [0.1, 0.15) is 25.8 Å². The number of likely N-dealkylation sites (tertiary alicyclic amines) is 1. The van der Waals surface area contributed by atoms with E-state index in [-0.39, 0.29) is 30.9 Å². The third-order valence-corrected chi connectivity index (χ3v) is 9.26. The number of hydrogen-bond acceptors (Lipinski definition) is 5. The van der Waals surface area contributed by atoms with Crippen molar-refractivity contribution in [3.8, 4) is 0 Å². The predicted octanol–water partition coefficient (Wildman–Crippen LogP) is 3.58. The zero-order valence-corrected chi connectivity index (χ0v) is 23.9. The topological polar surface area (TPSA) is 90.4 Å². The van der Waals surface area contributed by atoms with Gasteiger partial charge in [0.2, 0.25) is 11.8 Å². The number of hydrogen-bond donors (Lipinski definition) is 1. The molecule has 41 heavy (non-hydrogen) atoms. The quantitative estimate of drug-likeness (QED) is 0.532. The maximum Gasteiger partial charge on any atom is 0.253 e. The Kier molecular flexibility index (Phi) is 7.04. The Morgan fingerprint density at radius 3 is 2.34 bits per heavy atom. The molecule has 214 valence electrons. The Hall–Kier alpha value is -3.46. The summed E-state index contributed by atoms with van der Waals surface area (Å²) in [6, 6.07) is 15.0. The summed E-state index contributed by atoms with van der Waals surface area (Å²) in [6.45, 7) is 4.44. The smallest absolute Gasteiger partial charge is 0.253 e. The number of carbonyl (C=O) groups excluding carboxylic acids is 3. The van der Waals surface area contributed by atoms with Crippen molar-refractivity contribution in [3.05, 3.63) is 89.5 Å². The van der Waals surface area contributed by atoms with E-state index in [1.165, 1.54) is 4.90 Å². The van der Waals surface area contributed by atoms with E-state index >= 15 is 0 Å². The van der Waals surface area contributed by atoms with Crippen LogP contribution >= 0.6 is 11.6 Å². The summed E-state index contributed by atoms with van der Waals surface area (Å²) in [7, 11) is 0. The predicted molar refractivity (Wildman–Crippen MR) is 155 cm³/mol. The highest BCUT2D eigenvalue weighted by atomic mass is 35.5. The lowest BCUT2D eigenvalue weighted by molar-refractivity contribution is -0.151. The van der Waals surface area contributed by atoms with Gasteiger partial charge >= 0.3 is 0 Å². The van der Waals surface area contributed by atoms with Crippen LogP contribution in [0.4, 0.5) is 5.69 Å². The summed E-state index contributed by atoms with van der Waals surface area (Å²) >= 11 is 6.12. The van der Waals surface area contributed by atoms with E-state index in [0.29, 0.717) is 30.2 Å². The van der Waals surface area contributed by atoms with Crippen LogP contribution in [0.25, 0.3) is 0 Å². The van der Waals surface area contributed by atoms with Crippen molar-refractivity contribution in [2.75, 3.05) is 24.6 Å². The summed E-state index contributed by atoms with van der Waals surface area (Å²) in [5, 5.41) is 10.9. The van der Waals surface area contributed by atoms with E-state index in [1.807, 2.05) is 68.5 Å². The van der Waals surface area contributed by atoms with Crippen molar-refractivity contribution in [3.63, 3.8) is 0 Å². The molecule has 2 aromatic rings. The number of nitrogens with zero attached hydrogens (tertiary/aromatic N) is 3. The average molecular weight is 576 g/mol. The third-order valence-electron chi connectivity index (χ3n) is 9.01. The van der Waals surface area contributed by atoms with Crippen LogP contribution in [0.15, 0.2) is 78.9 Å². The first kappa shape index (κ1) is 27.7. The van der Waals surface area contributed by atoms with Crippen molar-refractivity contribution < 1.29 is 24.2 Å². The molecule has 0 bridgehead atoms. The van der Waals surface area contributed by atoms with Crippen LogP contribution in [-0.2, 0) is 25.7 Å². The molecular weight excluding hydrogens is 542 g/mol. The Morgan fingerprint density at radius 1 is 0.951 bits per heavy atom. The highest BCUT2D eigenvalue weighted by Gasteiger charge is 2.75. The molecule has 9 heteroatoms. The van der Waals surface area contributed by atoms with Crippen molar-refractivity contribution in [2.45, 2.75) is 50.1 Å². The van der Waals surface area contributed by atoms with Crippen LogP contribution in [0.5, 0.6) is 0 Å². The molecule has 1 N–H and O–H groups in total. The molecule has 2 saturated heterocycles. The molecule has 1 spiro atoms. The van der Waals surface area contributed by atoms with Crippen LogP contribution in [0.2, 0.25) is 5.02 Å². The first-order chi connectivity index (χ1) is 19.7. The standard InChI is InChI=1S/C32H34ClN3O5/c1-3-23(20-37)36-27-30(40)35(24-13-11-22(33)12-14-24)18-8-16-32(27)26(29(36)39)25-28(38)34(17-7-15-31(25,2)41-32)19-21-9-5-4-6-10-21/h4-16,23,25-27,37H,3,17-20H2,1-2H3/t23-,25-,26-,27?,31+,32-/m0/s1. The zero-order valence-electron chi connectivity index (χ0n) is 23.2. The monoisotopic (exact) mass is 575 g/mol. The van der Waals surface area contributed by atoms with Gasteiger partial charge in [0, 0.05) is 30.3 Å². The van der Waals surface area contributed by atoms with Crippen LogP contribution in [-0.4, -0.2) is 75.6 Å². The number of aliphatic hydroxyl groups is 1. The first-order valence-electron chi connectivity index (χ1n) is 14.1. The second-order valence-electron chi connectivity index (χ2n) is 11.4. The van der Waals surface area contributed by atoms with Crippen LogP contribution in [0, 0.1) is 11.8 Å². The molecule has 6 atom stereocenters. The molecule has 1 unspecified atom stereocenters. The molecule has 3 amide bonds. The molecule has 6 rings (SSSR count). The Morgan fingerprint density at radius 2 is 1.66 bits per heavy atom. The molecule has 4 heterocycles. The average Bonchev–Trinajstić information content (AvgIpc) is 3.24. The van der Waals surface area contributed by atoms with E-state index in [9.17, 15) is 19.5 Å². The molecule has 8 nitrogen and oxygen atoms in total. The maximum atomic E-state index is 14.5. The summed E-state index contributed by atoms with van der Waals surface area (Å²) < 4.78 is 6.88. The van der Waals surface area contributed by atoms with Gasteiger partial charge in [-0.1, -0.05) is 73.2 Å². The molecule has 2 fully saturated rings. The van der Waals surface area contributed by atoms with E-state index in [1.54, 1.807) is 34.1 Å². The van der Waals surface area contributed by atoms with Gasteiger partial charge in [0.15, 0.2) is 0 Å². The molecular formula is C32H34ClN3O5. The molecule has 0 aromatic heterocycles. The van der Waals surface area contributed by atoms with Gasteiger partial charge in [0.05, 0.1) is 30.1 Å². The van der Waals surface area contributed by atoms with Crippen molar-refractivity contribution >= 4 is 35.0 Å². The number of benzene rings is 2. The number of halogens is 1. The molecule has 4 aliphatic rings. The van der Waals surface area contributed by atoms with E-state index in [4.69, 9.17) is 16.3 Å². The number of anilines is 1. The van der Waals surface area contributed by atoms with Gasteiger partial charge < -0.3 is 24.5 Å². The summed E-state index contributed by atoms with van der Waals surface area (Å²) in [6.07, 6.45) is 7.91. The minimum Gasteiger partial charge on any atom is -0.394 e. The number of fused-ring (bicyclic) bond motifs is 2. The van der Waals surface area contributed by atoms with Gasteiger partial charge in [0.1, 0.15) is 11.6 Å². The van der Waals surface area contributed by atoms with E-state index < -0.39 is 35.1 Å². The Balaban J connectivity index is 1.45. The van der Waals surface area contributed by atoms with Gasteiger partial charge in [-0.3, -0.25) is 14.4 Å². The van der Waals surface area contributed by atoms with Gasteiger partial charge in [-0.15, -0.1) is 0 Å². The number of amides is 3. The highest BCUT2D eigenvalue weighted by molar-refractivity contribution is 6.30. The highest BCUT2D eigenvalue weighted by Crippen LogP contribution is 2.58. The number of rotatable bonds is 6. The SMILES string of the molecule is CC[C@@H](CO)N1C(=O)[C@@H]2[C@H]3C(=O)N(Cc4ccccc4)CC=C[C@@]3(C)O[C@@]23C=CCN(c2ccc(Cl)cc2)C(=O)C13. The lowest BCUT2D eigenvalue weighted by atomic mass is 9.74. The number of ether oxygens (including phenoxy) is 1. The minimum atomic E-state index is -1.38. The largest absolute Gasteiger partial charge is 0.394 e. The number of carbonyl (C=O) groups is 3. The second kappa shape index (κ2) is 10.4. The fourth-order valence-corrected chi connectivity index (χ4v) is 7.24.